The highest BCUT2D eigenvalue weighted by molar-refractivity contribution is 6.17. The molecule has 0 aliphatic carbocycles. The average molecular weight is 226 g/mol. The van der Waals surface area contributed by atoms with Gasteiger partial charge in [-0.1, -0.05) is 0 Å². The molecule has 0 radical (unpaired) electrons. The van der Waals surface area contributed by atoms with Crippen LogP contribution in [0, 0.1) is 5.95 Å². The minimum Gasteiger partial charge on any atom is -0.391 e. The van der Waals surface area contributed by atoms with Crippen LogP contribution in [0.4, 0.5) is 13.2 Å². The van der Waals surface area contributed by atoms with E-state index in [0.717, 1.165) is 6.20 Å². The number of pyridine rings is 1. The van der Waals surface area contributed by atoms with Gasteiger partial charge in [0, 0.05) is 23.2 Å². The highest BCUT2D eigenvalue weighted by Crippen LogP contribution is 2.28. The summed E-state index contributed by atoms with van der Waals surface area (Å²) >= 11 is 5.38. The molecule has 0 amide bonds. The summed E-state index contributed by atoms with van der Waals surface area (Å²) in [6, 6.07) is 0. The molecule has 0 spiro atoms. The fourth-order valence-electron chi connectivity index (χ4n) is 1.12. The van der Waals surface area contributed by atoms with Crippen molar-refractivity contribution < 1.29 is 18.3 Å². The van der Waals surface area contributed by atoms with Crippen LogP contribution in [0.5, 0.6) is 0 Å². The van der Waals surface area contributed by atoms with E-state index in [1.807, 2.05) is 0 Å². The molecule has 0 saturated carbocycles. The summed E-state index contributed by atoms with van der Waals surface area (Å²) in [6.07, 6.45) is -1.92. The van der Waals surface area contributed by atoms with Crippen molar-refractivity contribution in [1.82, 2.24) is 4.98 Å². The first-order chi connectivity index (χ1) is 6.61. The second kappa shape index (κ2) is 4.61. The second-order valence-electron chi connectivity index (χ2n) is 2.56. The topological polar surface area (TPSA) is 33.1 Å². The Morgan fingerprint density at radius 1 is 1.50 bits per heavy atom. The lowest BCUT2D eigenvalue weighted by Crippen LogP contribution is -2.05. The minimum absolute atomic E-state index is 0.0344. The van der Waals surface area contributed by atoms with Crippen LogP contribution in [-0.2, 0) is 12.5 Å². The van der Waals surface area contributed by atoms with Crippen LogP contribution in [0.15, 0.2) is 6.20 Å². The zero-order valence-corrected chi connectivity index (χ0v) is 7.73. The fourth-order valence-corrected chi connectivity index (χ4v) is 1.33. The highest BCUT2D eigenvalue weighted by atomic mass is 35.5. The van der Waals surface area contributed by atoms with E-state index < -0.39 is 30.1 Å². The number of hydrogen-bond donors (Lipinski definition) is 1. The zero-order chi connectivity index (χ0) is 10.7. The standard InChI is InChI=1S/C8H7ClF3NO/c9-1-4-2-13-8(12)5(3-14)6(4)7(10)11/h2,7,14H,1,3H2. The van der Waals surface area contributed by atoms with Gasteiger partial charge in [0.25, 0.3) is 6.43 Å². The van der Waals surface area contributed by atoms with E-state index in [1.54, 1.807) is 0 Å². The third-order valence-corrected chi connectivity index (χ3v) is 2.06. The first-order valence-electron chi connectivity index (χ1n) is 3.73. The van der Waals surface area contributed by atoms with E-state index in [1.165, 1.54) is 0 Å². The maximum atomic E-state index is 12.9. The number of alkyl halides is 3. The van der Waals surface area contributed by atoms with Gasteiger partial charge >= 0.3 is 0 Å². The molecule has 0 atom stereocenters. The molecule has 0 bridgehead atoms. The van der Waals surface area contributed by atoms with Crippen LogP contribution in [0.3, 0.4) is 0 Å². The Bertz CT molecular complexity index is 333. The second-order valence-corrected chi connectivity index (χ2v) is 2.83. The predicted octanol–water partition coefficient (Wildman–Crippen LogP) is 2.39. The van der Waals surface area contributed by atoms with Crippen molar-refractivity contribution >= 4 is 11.6 Å². The lowest BCUT2D eigenvalue weighted by Gasteiger charge is -2.10. The van der Waals surface area contributed by atoms with Crippen molar-refractivity contribution in [3.63, 3.8) is 0 Å². The molecule has 2 nitrogen and oxygen atoms in total. The van der Waals surface area contributed by atoms with E-state index in [9.17, 15) is 13.2 Å². The summed E-state index contributed by atoms with van der Waals surface area (Å²) in [6.45, 7) is -0.816. The molecule has 6 heteroatoms. The number of aliphatic hydroxyl groups is 1. The smallest absolute Gasteiger partial charge is 0.264 e. The molecular formula is C8H7ClF3NO. The largest absolute Gasteiger partial charge is 0.391 e. The maximum Gasteiger partial charge on any atom is 0.264 e. The van der Waals surface area contributed by atoms with Crippen LogP contribution in [0.2, 0.25) is 0 Å². The number of halogens is 4. The van der Waals surface area contributed by atoms with E-state index >= 15 is 0 Å². The molecule has 14 heavy (non-hydrogen) atoms. The molecule has 1 N–H and O–H groups in total. The van der Waals surface area contributed by atoms with Crippen molar-refractivity contribution in [2.24, 2.45) is 0 Å². The van der Waals surface area contributed by atoms with Crippen LogP contribution < -0.4 is 0 Å². The van der Waals surface area contributed by atoms with Crippen molar-refractivity contribution in [3.05, 3.63) is 28.8 Å². The van der Waals surface area contributed by atoms with Crippen LogP contribution >= 0.6 is 11.6 Å². The summed E-state index contributed by atoms with van der Waals surface area (Å²) in [5.41, 5.74) is -1.01. The normalized spacial score (nSPS) is 11.0. The third-order valence-electron chi connectivity index (χ3n) is 1.77. The van der Waals surface area contributed by atoms with Crippen LogP contribution in [-0.4, -0.2) is 10.1 Å². The van der Waals surface area contributed by atoms with E-state index in [0.29, 0.717) is 0 Å². The van der Waals surface area contributed by atoms with Gasteiger partial charge in [-0.25, -0.2) is 13.8 Å². The lowest BCUT2D eigenvalue weighted by atomic mass is 10.1. The highest BCUT2D eigenvalue weighted by Gasteiger charge is 2.21. The summed E-state index contributed by atoms with van der Waals surface area (Å²) in [5.74, 6) is -1.28. The fraction of sp³-hybridized carbons (Fsp3) is 0.375. The quantitative estimate of drug-likeness (QED) is 0.633. The number of hydrogen-bond acceptors (Lipinski definition) is 2. The minimum atomic E-state index is -2.87. The molecule has 0 saturated heterocycles. The first kappa shape index (κ1) is 11.3. The van der Waals surface area contributed by atoms with Gasteiger partial charge in [0.15, 0.2) is 0 Å². The molecule has 0 aliphatic heterocycles. The molecule has 78 valence electrons. The van der Waals surface area contributed by atoms with Gasteiger partial charge in [-0.15, -0.1) is 11.6 Å². The van der Waals surface area contributed by atoms with Crippen molar-refractivity contribution in [2.45, 2.75) is 18.9 Å². The Morgan fingerprint density at radius 3 is 2.57 bits per heavy atom. The van der Waals surface area contributed by atoms with Crippen LogP contribution in [0.25, 0.3) is 0 Å². The van der Waals surface area contributed by atoms with E-state index in [2.05, 4.69) is 4.98 Å². The Labute approximate surface area is 83.3 Å². The molecule has 1 heterocycles. The zero-order valence-electron chi connectivity index (χ0n) is 6.98. The summed E-state index contributed by atoms with van der Waals surface area (Å²) in [4.78, 5) is 3.22. The van der Waals surface area contributed by atoms with Gasteiger partial charge in [0.1, 0.15) is 0 Å². The van der Waals surface area contributed by atoms with Gasteiger partial charge < -0.3 is 5.11 Å². The summed E-state index contributed by atoms with van der Waals surface area (Å²) in [7, 11) is 0. The first-order valence-corrected chi connectivity index (χ1v) is 4.26. The maximum absolute atomic E-state index is 12.9. The third kappa shape index (κ3) is 1.99. The predicted molar refractivity (Wildman–Crippen MR) is 44.6 cm³/mol. The van der Waals surface area contributed by atoms with E-state index in [4.69, 9.17) is 16.7 Å². The summed E-state index contributed by atoms with van der Waals surface area (Å²) < 4.78 is 37.8. The lowest BCUT2D eigenvalue weighted by molar-refractivity contribution is 0.144. The van der Waals surface area contributed by atoms with Gasteiger partial charge in [-0.2, -0.15) is 4.39 Å². The Hall–Kier alpha value is -0.810. The Kier molecular flexibility index (Phi) is 3.71. The van der Waals surface area contributed by atoms with Crippen molar-refractivity contribution in [1.29, 1.82) is 0 Å². The Balaban J connectivity index is 3.36. The SMILES string of the molecule is OCc1c(F)ncc(CCl)c1C(F)F. The van der Waals surface area contributed by atoms with Gasteiger partial charge in [0.2, 0.25) is 5.95 Å². The van der Waals surface area contributed by atoms with Crippen molar-refractivity contribution in [3.8, 4) is 0 Å². The molecule has 1 aromatic heterocycles. The molecule has 1 rings (SSSR count). The number of aliphatic hydroxyl groups excluding tert-OH is 1. The Morgan fingerprint density at radius 2 is 2.14 bits per heavy atom. The molecule has 0 aromatic carbocycles. The molecule has 0 aliphatic rings. The monoisotopic (exact) mass is 225 g/mol. The van der Waals surface area contributed by atoms with Gasteiger partial charge in [0.05, 0.1) is 6.61 Å². The number of aromatic nitrogens is 1. The average Bonchev–Trinajstić information content (AvgIpc) is 2.17. The number of rotatable bonds is 3. The molecular weight excluding hydrogens is 219 g/mol. The van der Waals surface area contributed by atoms with Gasteiger partial charge in [-0.3, -0.25) is 0 Å². The molecule has 0 fully saturated rings. The summed E-state index contributed by atoms with van der Waals surface area (Å²) in [5, 5.41) is 8.71. The van der Waals surface area contributed by atoms with Gasteiger partial charge in [-0.05, 0) is 5.56 Å². The number of nitrogens with zero attached hydrogens (tertiary/aromatic N) is 1. The van der Waals surface area contributed by atoms with Crippen molar-refractivity contribution in [2.75, 3.05) is 0 Å². The molecule has 0 unspecified atom stereocenters. The molecule has 1 aromatic rings. The van der Waals surface area contributed by atoms with E-state index in [-0.39, 0.29) is 11.4 Å². The van der Waals surface area contributed by atoms with Crippen LogP contribution in [0.1, 0.15) is 23.1 Å².